The lowest BCUT2D eigenvalue weighted by molar-refractivity contribution is -0.119. The first-order valence-corrected chi connectivity index (χ1v) is 10.5. The first-order valence-electron chi connectivity index (χ1n) is 10.5. The SMILES string of the molecule is C=C/C=C1/C(=O)N(c2ccc(Oc3ccc(C(C)(C)C)cc3)cc2)C(=O)/C1=C/C.CC. The van der Waals surface area contributed by atoms with Gasteiger partial charge in [0.1, 0.15) is 11.5 Å². The summed E-state index contributed by atoms with van der Waals surface area (Å²) in [7, 11) is 0. The van der Waals surface area contributed by atoms with Crippen molar-refractivity contribution in [2.45, 2.75) is 47.0 Å². The van der Waals surface area contributed by atoms with Crippen LogP contribution in [0.2, 0.25) is 0 Å². The third kappa shape index (κ3) is 5.21. The summed E-state index contributed by atoms with van der Waals surface area (Å²) in [4.78, 5) is 26.5. The van der Waals surface area contributed by atoms with E-state index in [4.69, 9.17) is 4.74 Å². The summed E-state index contributed by atoms with van der Waals surface area (Å²) in [6, 6.07) is 14.9. The summed E-state index contributed by atoms with van der Waals surface area (Å²) in [6.45, 7) is 15.8. The fourth-order valence-corrected chi connectivity index (χ4v) is 3.18. The van der Waals surface area contributed by atoms with Gasteiger partial charge in [-0.1, -0.05) is 65.5 Å². The molecule has 31 heavy (non-hydrogen) atoms. The number of benzene rings is 2. The summed E-state index contributed by atoms with van der Waals surface area (Å²) in [6.07, 6.45) is 4.72. The smallest absolute Gasteiger partial charge is 0.266 e. The number of hydrogen-bond acceptors (Lipinski definition) is 3. The standard InChI is InChI=1S/C25H25NO3.C2H6/c1-6-8-22-21(7-2)23(27)26(24(22)28)18-11-15-20(16-12-18)29-19-13-9-17(10-14-19)25(3,4)5;1-2/h6-16H,1H2,2-5H3;1-2H3/b21-7+,22-8+;. The number of hydrogen-bond donors (Lipinski definition) is 0. The maximum Gasteiger partial charge on any atom is 0.266 e. The summed E-state index contributed by atoms with van der Waals surface area (Å²) in [5.74, 6) is 0.669. The highest BCUT2D eigenvalue weighted by atomic mass is 16.5. The first-order chi connectivity index (χ1) is 14.8. The molecule has 0 spiro atoms. The minimum absolute atomic E-state index is 0.0830. The average Bonchev–Trinajstić information content (AvgIpc) is 2.99. The topological polar surface area (TPSA) is 46.6 Å². The number of rotatable bonds is 4. The molecule has 1 aliphatic heterocycles. The lowest BCUT2D eigenvalue weighted by atomic mass is 9.87. The molecule has 0 atom stereocenters. The second-order valence-electron chi connectivity index (χ2n) is 7.83. The van der Waals surface area contributed by atoms with Crippen LogP contribution in [0.5, 0.6) is 11.5 Å². The van der Waals surface area contributed by atoms with Gasteiger partial charge >= 0.3 is 0 Å². The maximum absolute atomic E-state index is 12.7. The number of ether oxygens (including phenoxy) is 1. The van der Waals surface area contributed by atoms with E-state index in [1.54, 1.807) is 43.3 Å². The lowest BCUT2D eigenvalue weighted by Gasteiger charge is -2.19. The molecule has 3 rings (SSSR count). The van der Waals surface area contributed by atoms with Crippen LogP contribution in [0.4, 0.5) is 5.69 Å². The fraction of sp³-hybridized carbons (Fsp3) is 0.259. The highest BCUT2D eigenvalue weighted by molar-refractivity contribution is 6.37. The molecule has 2 aromatic rings. The van der Waals surface area contributed by atoms with Crippen molar-refractivity contribution in [3.8, 4) is 11.5 Å². The first kappa shape index (κ1) is 23.9. The van der Waals surface area contributed by atoms with Crippen molar-refractivity contribution in [1.82, 2.24) is 0 Å². The van der Waals surface area contributed by atoms with Gasteiger partial charge in [-0.2, -0.15) is 0 Å². The van der Waals surface area contributed by atoms with Crippen molar-refractivity contribution >= 4 is 17.5 Å². The van der Waals surface area contributed by atoms with Gasteiger partial charge in [0.15, 0.2) is 0 Å². The van der Waals surface area contributed by atoms with Crippen LogP contribution >= 0.6 is 0 Å². The molecule has 0 unspecified atom stereocenters. The second-order valence-corrected chi connectivity index (χ2v) is 7.83. The van der Waals surface area contributed by atoms with E-state index in [0.717, 1.165) is 5.75 Å². The Balaban J connectivity index is 0.00000166. The quantitative estimate of drug-likeness (QED) is 0.409. The molecule has 2 aromatic carbocycles. The summed E-state index contributed by atoms with van der Waals surface area (Å²) >= 11 is 0. The number of carbonyl (C=O) groups is 2. The van der Waals surface area contributed by atoms with Gasteiger partial charge in [-0.15, -0.1) is 0 Å². The number of imide groups is 1. The Morgan fingerprint density at radius 3 is 1.77 bits per heavy atom. The van der Waals surface area contributed by atoms with Gasteiger partial charge < -0.3 is 4.74 Å². The Morgan fingerprint density at radius 1 is 0.839 bits per heavy atom. The van der Waals surface area contributed by atoms with Crippen LogP contribution in [-0.4, -0.2) is 11.8 Å². The predicted molar refractivity (Wildman–Crippen MR) is 128 cm³/mol. The highest BCUT2D eigenvalue weighted by Crippen LogP contribution is 2.32. The van der Waals surface area contributed by atoms with Gasteiger partial charge in [0.05, 0.1) is 11.3 Å². The van der Waals surface area contributed by atoms with E-state index in [-0.39, 0.29) is 17.2 Å². The molecule has 1 heterocycles. The Bertz CT molecular complexity index is 1000. The van der Waals surface area contributed by atoms with Crippen molar-refractivity contribution in [2.75, 3.05) is 4.90 Å². The van der Waals surface area contributed by atoms with E-state index >= 15 is 0 Å². The molecule has 0 aliphatic carbocycles. The van der Waals surface area contributed by atoms with E-state index in [0.29, 0.717) is 22.6 Å². The number of allylic oxidation sites excluding steroid dienone is 3. The number of carbonyl (C=O) groups excluding carboxylic acids is 2. The van der Waals surface area contributed by atoms with Gasteiger partial charge in [-0.05, 0) is 60.4 Å². The van der Waals surface area contributed by atoms with E-state index in [9.17, 15) is 9.59 Å². The van der Waals surface area contributed by atoms with Gasteiger partial charge in [0.25, 0.3) is 11.8 Å². The van der Waals surface area contributed by atoms with Crippen LogP contribution in [0.25, 0.3) is 0 Å². The summed E-state index contributed by atoms with van der Waals surface area (Å²) in [5.41, 5.74) is 2.55. The molecule has 1 fully saturated rings. The highest BCUT2D eigenvalue weighted by Gasteiger charge is 2.38. The van der Waals surface area contributed by atoms with Crippen LogP contribution in [0.3, 0.4) is 0 Å². The molecule has 4 nitrogen and oxygen atoms in total. The van der Waals surface area contributed by atoms with Gasteiger partial charge in [-0.3, -0.25) is 9.59 Å². The van der Waals surface area contributed by atoms with E-state index in [1.807, 2.05) is 26.0 Å². The molecule has 162 valence electrons. The minimum atomic E-state index is -0.352. The largest absolute Gasteiger partial charge is 0.457 e. The molecule has 0 radical (unpaired) electrons. The third-order valence-electron chi connectivity index (χ3n) is 4.78. The van der Waals surface area contributed by atoms with Crippen LogP contribution in [-0.2, 0) is 15.0 Å². The zero-order valence-electron chi connectivity index (χ0n) is 19.2. The van der Waals surface area contributed by atoms with Crippen molar-refractivity contribution < 1.29 is 14.3 Å². The monoisotopic (exact) mass is 417 g/mol. The molecule has 0 N–H and O–H groups in total. The second kappa shape index (κ2) is 10.1. The zero-order valence-corrected chi connectivity index (χ0v) is 19.2. The average molecular weight is 418 g/mol. The molecular formula is C27H31NO3. The van der Waals surface area contributed by atoms with E-state index in [2.05, 4.69) is 39.5 Å². The molecule has 0 bridgehead atoms. The molecular weight excluding hydrogens is 386 g/mol. The van der Waals surface area contributed by atoms with E-state index < -0.39 is 0 Å². The molecule has 1 aliphatic rings. The Kier molecular flexibility index (Phi) is 7.76. The van der Waals surface area contributed by atoms with Gasteiger partial charge in [0.2, 0.25) is 0 Å². The Hall–Kier alpha value is -3.40. The number of amides is 2. The molecule has 4 heteroatoms. The van der Waals surface area contributed by atoms with Crippen LogP contribution in [0, 0.1) is 0 Å². The Labute approximate surface area is 185 Å². The van der Waals surface area contributed by atoms with Crippen molar-refractivity contribution in [3.05, 3.63) is 90.0 Å². The number of nitrogens with zero attached hydrogens (tertiary/aromatic N) is 1. The normalized spacial score (nSPS) is 16.4. The fourth-order valence-electron chi connectivity index (χ4n) is 3.18. The van der Waals surface area contributed by atoms with Crippen LogP contribution < -0.4 is 9.64 Å². The Morgan fingerprint density at radius 2 is 1.32 bits per heavy atom. The molecule has 2 amide bonds. The molecule has 1 saturated heterocycles. The van der Waals surface area contributed by atoms with Gasteiger partial charge in [0, 0.05) is 5.57 Å². The third-order valence-corrected chi connectivity index (χ3v) is 4.78. The van der Waals surface area contributed by atoms with Gasteiger partial charge in [-0.25, -0.2) is 4.90 Å². The molecule has 0 aromatic heterocycles. The maximum atomic E-state index is 12.7. The summed E-state index contributed by atoms with van der Waals surface area (Å²) < 4.78 is 5.89. The lowest BCUT2D eigenvalue weighted by Crippen LogP contribution is -2.29. The summed E-state index contributed by atoms with van der Waals surface area (Å²) in [5, 5.41) is 0. The van der Waals surface area contributed by atoms with E-state index in [1.165, 1.54) is 16.5 Å². The van der Waals surface area contributed by atoms with Crippen molar-refractivity contribution in [2.24, 2.45) is 0 Å². The van der Waals surface area contributed by atoms with Crippen LogP contribution in [0.15, 0.2) is 84.5 Å². The van der Waals surface area contributed by atoms with Crippen molar-refractivity contribution in [3.63, 3.8) is 0 Å². The van der Waals surface area contributed by atoms with Crippen molar-refractivity contribution in [1.29, 1.82) is 0 Å². The minimum Gasteiger partial charge on any atom is -0.457 e. The number of anilines is 1. The zero-order chi connectivity index (χ0) is 23.2. The van der Waals surface area contributed by atoms with Crippen LogP contribution in [0.1, 0.15) is 47.1 Å². The predicted octanol–water partition coefficient (Wildman–Crippen LogP) is 6.73. The molecule has 0 saturated carbocycles.